The van der Waals surface area contributed by atoms with Crippen LogP contribution in [0.2, 0.25) is 0 Å². The molecule has 0 unspecified atom stereocenters. The minimum Gasteiger partial charge on any atom is -0.496 e. The summed E-state index contributed by atoms with van der Waals surface area (Å²) < 4.78 is 12.8. The molecule has 4 rings (SSSR count). The van der Waals surface area contributed by atoms with Crippen LogP contribution in [0.4, 0.5) is 5.69 Å². The van der Waals surface area contributed by atoms with E-state index in [1.54, 1.807) is 24.6 Å². The Labute approximate surface area is 155 Å². The zero-order chi connectivity index (χ0) is 18.1. The van der Waals surface area contributed by atoms with Crippen LogP contribution in [0.5, 0.6) is 5.75 Å². The number of hydrogen-bond acceptors (Lipinski definition) is 5. The van der Waals surface area contributed by atoms with Gasteiger partial charge >= 0.3 is 0 Å². The summed E-state index contributed by atoms with van der Waals surface area (Å²) in [7, 11) is 1.57. The highest BCUT2D eigenvalue weighted by Gasteiger charge is 2.21. The molecule has 3 aromatic rings. The van der Waals surface area contributed by atoms with Gasteiger partial charge in [0.05, 0.1) is 24.1 Å². The molecular weight excluding hydrogens is 350 g/mol. The number of thiophene rings is 1. The van der Waals surface area contributed by atoms with Crippen molar-refractivity contribution in [2.75, 3.05) is 25.6 Å². The molecule has 1 saturated heterocycles. The number of rotatable bonds is 4. The average Bonchev–Trinajstić information content (AvgIpc) is 3.27. The summed E-state index contributed by atoms with van der Waals surface area (Å²) in [5.74, 6) is 0.735. The molecule has 0 aromatic carbocycles. The minimum absolute atomic E-state index is 0.188. The Bertz CT molecular complexity index is 941. The van der Waals surface area contributed by atoms with Gasteiger partial charge in [0, 0.05) is 43.0 Å². The highest BCUT2D eigenvalue weighted by Crippen LogP contribution is 2.29. The van der Waals surface area contributed by atoms with Crippen LogP contribution >= 0.6 is 11.3 Å². The zero-order valence-electron chi connectivity index (χ0n) is 14.8. The first kappa shape index (κ1) is 17.1. The van der Waals surface area contributed by atoms with Gasteiger partial charge in [-0.15, -0.1) is 11.3 Å². The van der Waals surface area contributed by atoms with Crippen molar-refractivity contribution in [1.29, 1.82) is 0 Å². The lowest BCUT2D eigenvalue weighted by atomic mass is 9.97. The SMILES string of the molecule is COc1cc2nc(C3CCOCC3)cn2cc1C(=O)Nc1cscc1C. The van der Waals surface area contributed by atoms with Crippen molar-refractivity contribution in [3.8, 4) is 5.75 Å². The lowest BCUT2D eigenvalue weighted by molar-refractivity contribution is 0.0846. The third-order valence-electron chi connectivity index (χ3n) is 4.78. The van der Waals surface area contributed by atoms with Crippen LogP contribution in [0.15, 0.2) is 29.2 Å². The van der Waals surface area contributed by atoms with Gasteiger partial charge in [0.1, 0.15) is 11.4 Å². The van der Waals surface area contributed by atoms with Gasteiger partial charge in [-0.1, -0.05) is 0 Å². The van der Waals surface area contributed by atoms with Crippen molar-refractivity contribution < 1.29 is 14.3 Å². The molecule has 1 aliphatic rings. The Morgan fingerprint density at radius 3 is 2.85 bits per heavy atom. The lowest BCUT2D eigenvalue weighted by Gasteiger charge is -2.19. The van der Waals surface area contributed by atoms with Gasteiger partial charge in [-0.2, -0.15) is 0 Å². The van der Waals surface area contributed by atoms with Crippen molar-refractivity contribution in [3.63, 3.8) is 0 Å². The molecule has 4 heterocycles. The van der Waals surface area contributed by atoms with E-state index in [1.807, 2.05) is 34.3 Å². The molecule has 1 fully saturated rings. The van der Waals surface area contributed by atoms with Gasteiger partial charge in [0.15, 0.2) is 0 Å². The van der Waals surface area contributed by atoms with Gasteiger partial charge in [-0.05, 0) is 30.7 Å². The molecule has 3 aromatic heterocycles. The van der Waals surface area contributed by atoms with E-state index in [4.69, 9.17) is 14.5 Å². The third kappa shape index (κ3) is 3.20. The Morgan fingerprint density at radius 1 is 1.35 bits per heavy atom. The molecule has 0 spiro atoms. The van der Waals surface area contributed by atoms with E-state index in [1.165, 1.54) is 0 Å². The average molecular weight is 371 g/mol. The number of carbonyl (C=O) groups is 1. The Kier molecular flexibility index (Phi) is 4.65. The molecule has 0 saturated carbocycles. The monoisotopic (exact) mass is 371 g/mol. The maximum Gasteiger partial charge on any atom is 0.260 e. The van der Waals surface area contributed by atoms with Crippen LogP contribution in [-0.4, -0.2) is 35.6 Å². The Balaban J connectivity index is 1.67. The molecule has 6 nitrogen and oxygen atoms in total. The number of ether oxygens (including phenoxy) is 2. The van der Waals surface area contributed by atoms with Crippen molar-refractivity contribution in [2.24, 2.45) is 0 Å². The van der Waals surface area contributed by atoms with E-state index in [9.17, 15) is 4.79 Å². The fourth-order valence-corrected chi connectivity index (χ4v) is 4.02. The van der Waals surface area contributed by atoms with Gasteiger partial charge in [-0.3, -0.25) is 4.79 Å². The first-order valence-corrected chi connectivity index (χ1v) is 9.58. The Hall–Kier alpha value is -2.38. The number of amides is 1. The van der Waals surface area contributed by atoms with E-state index in [0.29, 0.717) is 17.2 Å². The summed E-state index contributed by atoms with van der Waals surface area (Å²) in [5.41, 5.74) is 4.19. The number of aromatic nitrogens is 2. The fraction of sp³-hybridized carbons (Fsp3) is 0.368. The molecule has 1 amide bonds. The van der Waals surface area contributed by atoms with Gasteiger partial charge in [-0.25, -0.2) is 4.98 Å². The highest BCUT2D eigenvalue weighted by atomic mass is 32.1. The molecule has 1 N–H and O–H groups in total. The number of anilines is 1. The number of fused-ring (bicyclic) bond motifs is 1. The van der Waals surface area contributed by atoms with Crippen LogP contribution < -0.4 is 10.1 Å². The normalized spacial score (nSPS) is 15.3. The standard InChI is InChI=1S/C19H21N3O3S/c1-12-10-26-11-16(12)21-19(23)14-8-22-9-15(13-3-5-25-6-4-13)20-18(22)7-17(14)24-2/h7-11,13H,3-6H2,1-2H3,(H,21,23). The maximum atomic E-state index is 12.8. The Morgan fingerprint density at radius 2 is 2.15 bits per heavy atom. The summed E-state index contributed by atoms with van der Waals surface area (Å²) in [6.45, 7) is 3.52. The third-order valence-corrected chi connectivity index (χ3v) is 5.64. The minimum atomic E-state index is -0.188. The molecular formula is C19H21N3O3S. The summed E-state index contributed by atoms with van der Waals surface area (Å²) in [6, 6.07) is 1.82. The number of hydrogen-bond donors (Lipinski definition) is 1. The number of pyridine rings is 1. The van der Waals surface area contributed by atoms with E-state index < -0.39 is 0 Å². The predicted octanol–water partition coefficient (Wildman–Crippen LogP) is 3.86. The number of nitrogens with zero attached hydrogens (tertiary/aromatic N) is 2. The quantitative estimate of drug-likeness (QED) is 0.756. The van der Waals surface area contributed by atoms with Crippen LogP contribution in [0, 0.1) is 6.92 Å². The van der Waals surface area contributed by atoms with Crippen molar-refractivity contribution in [1.82, 2.24) is 9.38 Å². The summed E-state index contributed by atoms with van der Waals surface area (Å²) in [6.07, 6.45) is 5.76. The van der Waals surface area contributed by atoms with Crippen molar-refractivity contribution in [2.45, 2.75) is 25.7 Å². The van der Waals surface area contributed by atoms with Crippen LogP contribution in [0.1, 0.15) is 40.4 Å². The molecule has 0 radical (unpaired) electrons. The second-order valence-electron chi connectivity index (χ2n) is 6.50. The summed E-state index contributed by atoms with van der Waals surface area (Å²) in [5, 5.41) is 6.89. The molecule has 0 aliphatic carbocycles. The van der Waals surface area contributed by atoms with Gasteiger partial charge in [0.25, 0.3) is 5.91 Å². The number of nitrogens with one attached hydrogen (secondary N) is 1. The van der Waals surface area contributed by atoms with E-state index >= 15 is 0 Å². The second kappa shape index (κ2) is 7.09. The largest absolute Gasteiger partial charge is 0.496 e. The maximum absolute atomic E-state index is 12.8. The molecule has 0 bridgehead atoms. The van der Waals surface area contributed by atoms with Crippen molar-refractivity contribution >= 4 is 28.6 Å². The molecule has 1 aliphatic heterocycles. The number of imidazole rings is 1. The topological polar surface area (TPSA) is 64.9 Å². The smallest absolute Gasteiger partial charge is 0.260 e. The molecule has 136 valence electrons. The zero-order valence-corrected chi connectivity index (χ0v) is 15.6. The van der Waals surface area contributed by atoms with Gasteiger partial charge in [0.2, 0.25) is 0 Å². The van der Waals surface area contributed by atoms with Crippen LogP contribution in [0.25, 0.3) is 5.65 Å². The van der Waals surface area contributed by atoms with E-state index in [0.717, 1.165) is 48.6 Å². The fourth-order valence-electron chi connectivity index (χ4n) is 3.24. The number of carbonyl (C=O) groups excluding carboxylic acids is 1. The molecule has 26 heavy (non-hydrogen) atoms. The van der Waals surface area contributed by atoms with Crippen molar-refractivity contribution in [3.05, 3.63) is 46.0 Å². The lowest BCUT2D eigenvalue weighted by Crippen LogP contribution is -2.14. The number of methoxy groups -OCH3 is 1. The van der Waals surface area contributed by atoms with E-state index in [2.05, 4.69) is 5.32 Å². The van der Waals surface area contributed by atoms with E-state index in [-0.39, 0.29) is 5.91 Å². The number of aryl methyl sites for hydroxylation is 1. The highest BCUT2D eigenvalue weighted by molar-refractivity contribution is 7.08. The first-order valence-electron chi connectivity index (χ1n) is 8.64. The predicted molar refractivity (Wildman–Crippen MR) is 102 cm³/mol. The summed E-state index contributed by atoms with van der Waals surface area (Å²) >= 11 is 1.56. The van der Waals surface area contributed by atoms with Gasteiger partial charge < -0.3 is 19.2 Å². The second-order valence-corrected chi connectivity index (χ2v) is 7.24. The summed E-state index contributed by atoms with van der Waals surface area (Å²) in [4.78, 5) is 17.5. The molecule has 7 heteroatoms. The van der Waals surface area contributed by atoms with Crippen LogP contribution in [0.3, 0.4) is 0 Å². The first-order chi connectivity index (χ1) is 12.7. The molecule has 0 atom stereocenters. The van der Waals surface area contributed by atoms with Crippen LogP contribution in [-0.2, 0) is 4.74 Å².